The molecule has 0 saturated heterocycles. The zero-order valence-electron chi connectivity index (χ0n) is 9.74. The van der Waals surface area contributed by atoms with Gasteiger partial charge in [-0.3, -0.25) is 4.79 Å². The van der Waals surface area contributed by atoms with E-state index in [-0.39, 0.29) is 5.91 Å². The highest BCUT2D eigenvalue weighted by Crippen LogP contribution is 2.16. The lowest BCUT2D eigenvalue weighted by Gasteiger charge is -2.05. The van der Waals surface area contributed by atoms with Crippen LogP contribution in [0.2, 0.25) is 0 Å². The lowest BCUT2D eigenvalue weighted by molar-refractivity contribution is -0.115. The van der Waals surface area contributed by atoms with Crippen LogP contribution >= 0.6 is 27.7 Å². The summed E-state index contributed by atoms with van der Waals surface area (Å²) < 4.78 is 5.89. The van der Waals surface area contributed by atoms with Gasteiger partial charge in [-0.25, -0.2) is 0 Å². The fourth-order valence-corrected chi connectivity index (χ4v) is 2.42. The van der Waals surface area contributed by atoms with Crippen molar-refractivity contribution in [3.63, 3.8) is 0 Å². The van der Waals surface area contributed by atoms with Crippen LogP contribution in [0, 0.1) is 0 Å². The number of carbonyl (C=O) groups excluding carboxylic acids is 1. The van der Waals surface area contributed by atoms with Crippen molar-refractivity contribution in [1.82, 2.24) is 0 Å². The predicted molar refractivity (Wildman–Crippen MR) is 76.6 cm³/mol. The van der Waals surface area contributed by atoms with Crippen LogP contribution in [0.25, 0.3) is 0 Å². The Balaban J connectivity index is 2.21. The maximum absolute atomic E-state index is 11.6. The van der Waals surface area contributed by atoms with Gasteiger partial charge in [-0.15, -0.1) is 0 Å². The Labute approximate surface area is 114 Å². The molecule has 0 aromatic heterocycles. The maximum atomic E-state index is 11.6. The minimum absolute atomic E-state index is 0.0491. The number of halogens is 1. The van der Waals surface area contributed by atoms with E-state index >= 15 is 0 Å². The highest BCUT2D eigenvalue weighted by molar-refractivity contribution is 9.10. The molecule has 0 unspecified atom stereocenters. The first kappa shape index (κ1) is 14.5. The van der Waals surface area contributed by atoms with Crippen LogP contribution in [0.5, 0.6) is 0 Å². The Hall–Kier alpha value is -0.520. The van der Waals surface area contributed by atoms with E-state index in [2.05, 4.69) is 21.2 Å². The first-order valence-corrected chi connectivity index (χ1v) is 7.29. The van der Waals surface area contributed by atoms with Crippen molar-refractivity contribution in [3.05, 3.63) is 28.7 Å². The van der Waals surface area contributed by atoms with Gasteiger partial charge in [0.05, 0.1) is 6.61 Å². The standard InChI is InChI=1S/C12H16BrNO2S/c1-16-6-8-17-7-5-12(15)14-11-4-2-3-10(13)9-11/h2-4,9H,5-8H2,1H3,(H,14,15). The largest absolute Gasteiger partial charge is 0.384 e. The zero-order chi connectivity index (χ0) is 12.5. The lowest BCUT2D eigenvalue weighted by Crippen LogP contribution is -2.12. The van der Waals surface area contributed by atoms with Gasteiger partial charge in [-0.2, -0.15) is 11.8 Å². The van der Waals surface area contributed by atoms with Crippen molar-refractivity contribution in [3.8, 4) is 0 Å². The summed E-state index contributed by atoms with van der Waals surface area (Å²) in [6.45, 7) is 0.734. The monoisotopic (exact) mass is 317 g/mol. The van der Waals surface area contributed by atoms with Crippen LogP contribution in [-0.4, -0.2) is 31.1 Å². The molecule has 1 amide bonds. The normalized spacial score (nSPS) is 10.2. The van der Waals surface area contributed by atoms with Crippen LogP contribution in [0.4, 0.5) is 5.69 Å². The molecule has 0 aliphatic carbocycles. The summed E-state index contributed by atoms with van der Waals surface area (Å²) in [4.78, 5) is 11.6. The van der Waals surface area contributed by atoms with E-state index in [4.69, 9.17) is 4.74 Å². The number of anilines is 1. The molecule has 17 heavy (non-hydrogen) atoms. The Morgan fingerprint density at radius 2 is 2.29 bits per heavy atom. The Morgan fingerprint density at radius 1 is 1.47 bits per heavy atom. The maximum Gasteiger partial charge on any atom is 0.225 e. The molecule has 0 radical (unpaired) electrons. The molecular weight excluding hydrogens is 302 g/mol. The highest BCUT2D eigenvalue weighted by Gasteiger charge is 2.02. The third-order valence-electron chi connectivity index (χ3n) is 2.01. The number of rotatable bonds is 7. The molecule has 0 saturated carbocycles. The van der Waals surface area contributed by atoms with Crippen LogP contribution in [0.3, 0.4) is 0 Å². The van der Waals surface area contributed by atoms with E-state index in [1.54, 1.807) is 18.9 Å². The third-order valence-corrected chi connectivity index (χ3v) is 3.46. The number of nitrogens with one attached hydrogen (secondary N) is 1. The molecule has 94 valence electrons. The SMILES string of the molecule is COCCSCCC(=O)Nc1cccc(Br)c1. The molecule has 1 aromatic carbocycles. The van der Waals surface area contributed by atoms with Crippen LogP contribution in [-0.2, 0) is 9.53 Å². The fourth-order valence-electron chi connectivity index (χ4n) is 1.20. The molecule has 3 nitrogen and oxygen atoms in total. The Bertz CT molecular complexity index is 360. The second-order valence-corrected chi connectivity index (χ2v) is 5.55. The number of benzene rings is 1. The zero-order valence-corrected chi connectivity index (χ0v) is 12.1. The van der Waals surface area contributed by atoms with Crippen LogP contribution in [0.15, 0.2) is 28.7 Å². The third kappa shape index (κ3) is 6.71. The summed E-state index contributed by atoms with van der Waals surface area (Å²) in [6.07, 6.45) is 0.529. The first-order valence-electron chi connectivity index (χ1n) is 5.34. The molecule has 0 aliphatic rings. The number of hydrogen-bond acceptors (Lipinski definition) is 3. The van der Waals surface area contributed by atoms with E-state index in [0.717, 1.165) is 28.3 Å². The Morgan fingerprint density at radius 3 is 3.00 bits per heavy atom. The van der Waals surface area contributed by atoms with Crippen LogP contribution in [0.1, 0.15) is 6.42 Å². The van der Waals surface area contributed by atoms with Gasteiger partial charge in [0, 0.05) is 35.2 Å². The number of thioether (sulfide) groups is 1. The molecule has 0 aliphatic heterocycles. The fraction of sp³-hybridized carbons (Fsp3) is 0.417. The van der Waals surface area contributed by atoms with Gasteiger partial charge in [0.15, 0.2) is 0 Å². The summed E-state index contributed by atoms with van der Waals surface area (Å²) in [7, 11) is 1.68. The molecular formula is C12H16BrNO2S. The van der Waals surface area contributed by atoms with Crippen molar-refractivity contribution in [2.75, 3.05) is 30.5 Å². The van der Waals surface area contributed by atoms with Gasteiger partial charge in [0.2, 0.25) is 5.91 Å². The van der Waals surface area contributed by atoms with Gasteiger partial charge in [-0.05, 0) is 18.2 Å². The average molecular weight is 318 g/mol. The number of amides is 1. The van der Waals surface area contributed by atoms with Gasteiger partial charge in [-0.1, -0.05) is 22.0 Å². The second-order valence-electron chi connectivity index (χ2n) is 3.41. The molecule has 5 heteroatoms. The molecule has 0 fully saturated rings. The molecule has 0 atom stereocenters. The molecule has 1 rings (SSSR count). The quantitative estimate of drug-likeness (QED) is 0.785. The topological polar surface area (TPSA) is 38.3 Å². The average Bonchev–Trinajstić information content (AvgIpc) is 2.29. The summed E-state index contributed by atoms with van der Waals surface area (Å²) in [6, 6.07) is 7.58. The molecule has 0 heterocycles. The number of methoxy groups -OCH3 is 1. The number of ether oxygens (including phenoxy) is 1. The van der Waals surface area contributed by atoms with E-state index in [0.29, 0.717) is 6.42 Å². The van der Waals surface area contributed by atoms with Crippen molar-refractivity contribution < 1.29 is 9.53 Å². The summed E-state index contributed by atoms with van der Waals surface area (Å²) >= 11 is 5.09. The van der Waals surface area contributed by atoms with Crippen molar-refractivity contribution >= 4 is 39.3 Å². The molecule has 1 N–H and O–H groups in total. The smallest absolute Gasteiger partial charge is 0.225 e. The van der Waals surface area contributed by atoms with Crippen molar-refractivity contribution in [2.45, 2.75) is 6.42 Å². The van der Waals surface area contributed by atoms with E-state index in [1.807, 2.05) is 24.3 Å². The number of hydrogen-bond donors (Lipinski definition) is 1. The van der Waals surface area contributed by atoms with Crippen molar-refractivity contribution in [1.29, 1.82) is 0 Å². The van der Waals surface area contributed by atoms with Gasteiger partial charge >= 0.3 is 0 Å². The number of carbonyl (C=O) groups is 1. The second kappa shape index (κ2) is 8.55. The molecule has 0 bridgehead atoms. The van der Waals surface area contributed by atoms with E-state index < -0.39 is 0 Å². The van der Waals surface area contributed by atoms with Crippen LogP contribution < -0.4 is 5.32 Å². The van der Waals surface area contributed by atoms with Gasteiger partial charge < -0.3 is 10.1 Å². The predicted octanol–water partition coefficient (Wildman–Crippen LogP) is 3.16. The van der Waals surface area contributed by atoms with Gasteiger partial charge in [0.25, 0.3) is 0 Å². The minimum atomic E-state index is 0.0491. The van der Waals surface area contributed by atoms with Gasteiger partial charge in [0.1, 0.15) is 0 Å². The van der Waals surface area contributed by atoms with E-state index in [9.17, 15) is 4.79 Å². The summed E-state index contributed by atoms with van der Waals surface area (Å²) in [5.74, 6) is 1.80. The van der Waals surface area contributed by atoms with E-state index in [1.165, 1.54) is 0 Å². The molecule has 0 spiro atoms. The lowest BCUT2D eigenvalue weighted by atomic mass is 10.3. The summed E-state index contributed by atoms with van der Waals surface area (Å²) in [5.41, 5.74) is 0.825. The van der Waals surface area contributed by atoms with Crippen molar-refractivity contribution in [2.24, 2.45) is 0 Å². The highest BCUT2D eigenvalue weighted by atomic mass is 79.9. The molecule has 1 aromatic rings. The minimum Gasteiger partial charge on any atom is -0.384 e. The Kier molecular flexibility index (Phi) is 7.32. The first-order chi connectivity index (χ1) is 8.22. The summed E-state index contributed by atoms with van der Waals surface area (Å²) in [5, 5.41) is 2.86.